The van der Waals surface area contributed by atoms with E-state index in [2.05, 4.69) is 16.7 Å². The van der Waals surface area contributed by atoms with E-state index in [4.69, 9.17) is 4.98 Å². The summed E-state index contributed by atoms with van der Waals surface area (Å²) < 4.78 is 1.74. The van der Waals surface area contributed by atoms with Crippen molar-refractivity contribution in [2.75, 3.05) is 12.3 Å². The molecule has 1 aliphatic carbocycles. The van der Waals surface area contributed by atoms with E-state index in [1.54, 1.807) is 4.57 Å². The first-order chi connectivity index (χ1) is 11.2. The fourth-order valence-electron chi connectivity index (χ4n) is 3.96. The van der Waals surface area contributed by atoms with Crippen molar-refractivity contribution in [2.45, 2.75) is 43.5 Å². The Morgan fingerprint density at radius 1 is 1.26 bits per heavy atom. The molecular weight excluding hydrogens is 306 g/mol. The van der Waals surface area contributed by atoms with Gasteiger partial charge in [0.25, 0.3) is 5.56 Å². The molecule has 2 fully saturated rings. The molecule has 0 amide bonds. The third-order valence-corrected chi connectivity index (χ3v) is 6.66. The first-order valence-electron chi connectivity index (χ1n) is 8.54. The van der Waals surface area contributed by atoms with Gasteiger partial charge in [0, 0.05) is 30.6 Å². The molecule has 2 heterocycles. The SMILES string of the molecule is Cn1c(CN2CCSC3CCCCC32)nc2ccccc2c1=O. The van der Waals surface area contributed by atoms with Crippen LogP contribution in [0.4, 0.5) is 0 Å². The van der Waals surface area contributed by atoms with Crippen molar-refractivity contribution in [3.8, 4) is 0 Å². The Bertz CT molecular complexity index is 770. The molecule has 122 valence electrons. The zero-order chi connectivity index (χ0) is 15.8. The highest BCUT2D eigenvalue weighted by Crippen LogP contribution is 2.36. The van der Waals surface area contributed by atoms with Gasteiger partial charge in [0.05, 0.1) is 17.4 Å². The summed E-state index contributed by atoms with van der Waals surface area (Å²) in [4.78, 5) is 19.9. The third kappa shape index (κ3) is 2.81. The number of nitrogens with zero attached hydrogens (tertiary/aromatic N) is 3. The van der Waals surface area contributed by atoms with E-state index in [1.165, 1.54) is 31.4 Å². The van der Waals surface area contributed by atoms with Crippen LogP contribution < -0.4 is 5.56 Å². The summed E-state index contributed by atoms with van der Waals surface area (Å²) in [6.45, 7) is 1.90. The van der Waals surface area contributed by atoms with E-state index in [-0.39, 0.29) is 5.56 Å². The largest absolute Gasteiger partial charge is 0.298 e. The maximum atomic E-state index is 12.6. The van der Waals surface area contributed by atoms with Crippen molar-refractivity contribution in [2.24, 2.45) is 7.05 Å². The lowest BCUT2D eigenvalue weighted by atomic mass is 9.93. The number of fused-ring (bicyclic) bond motifs is 2. The summed E-state index contributed by atoms with van der Waals surface area (Å²) in [5.74, 6) is 2.09. The molecule has 4 nitrogen and oxygen atoms in total. The van der Waals surface area contributed by atoms with Gasteiger partial charge < -0.3 is 0 Å². The summed E-state index contributed by atoms with van der Waals surface area (Å²) in [6.07, 6.45) is 5.34. The quantitative estimate of drug-likeness (QED) is 0.849. The molecule has 2 aliphatic rings. The maximum absolute atomic E-state index is 12.6. The molecule has 1 aliphatic heterocycles. The highest BCUT2D eigenvalue weighted by Gasteiger charge is 2.34. The topological polar surface area (TPSA) is 38.1 Å². The smallest absolute Gasteiger partial charge is 0.261 e. The van der Waals surface area contributed by atoms with Crippen LogP contribution in [0.15, 0.2) is 29.1 Å². The van der Waals surface area contributed by atoms with Crippen LogP contribution >= 0.6 is 11.8 Å². The lowest BCUT2D eigenvalue weighted by Gasteiger charge is -2.43. The molecule has 0 spiro atoms. The Labute approximate surface area is 140 Å². The molecule has 23 heavy (non-hydrogen) atoms. The molecule has 0 bridgehead atoms. The summed E-state index contributed by atoms with van der Waals surface area (Å²) in [6, 6.07) is 8.32. The molecule has 5 heteroatoms. The average Bonchev–Trinajstić information content (AvgIpc) is 2.60. The zero-order valence-electron chi connectivity index (χ0n) is 13.6. The van der Waals surface area contributed by atoms with Crippen LogP contribution in [0.2, 0.25) is 0 Å². The Morgan fingerprint density at radius 2 is 2.09 bits per heavy atom. The van der Waals surface area contributed by atoms with E-state index in [0.29, 0.717) is 11.4 Å². The van der Waals surface area contributed by atoms with Crippen LogP contribution in [0.25, 0.3) is 10.9 Å². The van der Waals surface area contributed by atoms with Gasteiger partial charge in [-0.3, -0.25) is 14.3 Å². The summed E-state index contributed by atoms with van der Waals surface area (Å²) in [5.41, 5.74) is 0.884. The minimum absolute atomic E-state index is 0.0668. The Hall–Kier alpha value is -1.33. The second-order valence-corrected chi connectivity index (χ2v) is 7.99. The van der Waals surface area contributed by atoms with Crippen LogP contribution in [0.5, 0.6) is 0 Å². The van der Waals surface area contributed by atoms with Crippen LogP contribution in [0.3, 0.4) is 0 Å². The van der Waals surface area contributed by atoms with E-state index < -0.39 is 0 Å². The molecule has 1 aromatic heterocycles. The van der Waals surface area contributed by atoms with Crippen molar-refractivity contribution < 1.29 is 0 Å². The fourth-order valence-corrected chi connectivity index (χ4v) is 5.47. The molecule has 2 atom stereocenters. The van der Waals surface area contributed by atoms with Gasteiger partial charge in [-0.25, -0.2) is 4.98 Å². The predicted octanol–water partition coefficient (Wildman–Crippen LogP) is 2.79. The minimum atomic E-state index is 0.0668. The first-order valence-corrected chi connectivity index (χ1v) is 9.59. The Morgan fingerprint density at radius 3 is 3.00 bits per heavy atom. The minimum Gasteiger partial charge on any atom is -0.298 e. The van der Waals surface area contributed by atoms with Crippen molar-refractivity contribution in [1.29, 1.82) is 0 Å². The van der Waals surface area contributed by atoms with Crippen LogP contribution in [-0.4, -0.2) is 38.0 Å². The number of thioether (sulfide) groups is 1. The summed E-state index contributed by atoms with van der Waals surface area (Å²) >= 11 is 2.14. The van der Waals surface area contributed by atoms with Crippen molar-refractivity contribution in [3.05, 3.63) is 40.4 Å². The van der Waals surface area contributed by atoms with E-state index in [1.807, 2.05) is 31.3 Å². The highest BCUT2D eigenvalue weighted by molar-refractivity contribution is 8.00. The van der Waals surface area contributed by atoms with E-state index in [9.17, 15) is 4.79 Å². The lowest BCUT2D eigenvalue weighted by molar-refractivity contribution is 0.150. The van der Waals surface area contributed by atoms with Crippen molar-refractivity contribution in [3.63, 3.8) is 0 Å². The van der Waals surface area contributed by atoms with Gasteiger partial charge in [0.15, 0.2) is 0 Å². The lowest BCUT2D eigenvalue weighted by Crippen LogP contribution is -2.49. The van der Waals surface area contributed by atoms with Crippen LogP contribution in [-0.2, 0) is 13.6 Å². The number of aromatic nitrogens is 2. The number of para-hydroxylation sites is 1. The van der Waals surface area contributed by atoms with Crippen LogP contribution in [0, 0.1) is 0 Å². The third-order valence-electron chi connectivity index (χ3n) is 5.27. The average molecular weight is 329 g/mol. The van der Waals surface area contributed by atoms with Crippen molar-refractivity contribution in [1.82, 2.24) is 14.5 Å². The van der Waals surface area contributed by atoms with Gasteiger partial charge in [0.1, 0.15) is 5.82 Å². The number of benzene rings is 1. The molecule has 1 aromatic carbocycles. The van der Waals surface area contributed by atoms with Gasteiger partial charge in [-0.05, 0) is 25.0 Å². The van der Waals surface area contributed by atoms with Gasteiger partial charge in [-0.15, -0.1) is 0 Å². The highest BCUT2D eigenvalue weighted by atomic mass is 32.2. The number of rotatable bonds is 2. The van der Waals surface area contributed by atoms with E-state index in [0.717, 1.165) is 29.7 Å². The molecule has 2 aromatic rings. The number of hydrogen-bond donors (Lipinski definition) is 0. The zero-order valence-corrected chi connectivity index (χ0v) is 14.4. The van der Waals surface area contributed by atoms with Gasteiger partial charge in [-0.2, -0.15) is 11.8 Å². The molecule has 1 saturated heterocycles. The molecule has 1 saturated carbocycles. The second kappa shape index (κ2) is 6.29. The summed E-state index contributed by atoms with van der Waals surface area (Å²) in [7, 11) is 1.86. The fraction of sp³-hybridized carbons (Fsp3) is 0.556. The normalized spacial score (nSPS) is 25.4. The standard InChI is InChI=1S/C18H23N3OS/c1-20-17(19-14-7-3-2-6-13(14)18(20)22)12-21-10-11-23-16-9-5-4-8-15(16)21/h2-3,6-7,15-16H,4-5,8-12H2,1H3. The van der Waals surface area contributed by atoms with Crippen LogP contribution in [0.1, 0.15) is 31.5 Å². The Balaban J connectivity index is 1.67. The second-order valence-electron chi connectivity index (χ2n) is 6.64. The Kier molecular flexibility index (Phi) is 4.16. The molecule has 0 N–H and O–H groups in total. The molecule has 4 rings (SSSR count). The van der Waals surface area contributed by atoms with Gasteiger partial charge in [-0.1, -0.05) is 25.0 Å². The molecular formula is C18H23N3OS. The maximum Gasteiger partial charge on any atom is 0.261 e. The predicted molar refractivity (Wildman–Crippen MR) is 95.9 cm³/mol. The van der Waals surface area contributed by atoms with Gasteiger partial charge in [0.2, 0.25) is 0 Å². The molecule has 0 radical (unpaired) electrons. The number of hydrogen-bond acceptors (Lipinski definition) is 4. The molecule has 2 unspecified atom stereocenters. The summed E-state index contributed by atoms with van der Waals surface area (Å²) in [5, 5.41) is 1.48. The first kappa shape index (κ1) is 15.2. The van der Waals surface area contributed by atoms with Gasteiger partial charge >= 0.3 is 0 Å². The monoisotopic (exact) mass is 329 g/mol. The van der Waals surface area contributed by atoms with Crippen molar-refractivity contribution >= 4 is 22.7 Å². The van der Waals surface area contributed by atoms with E-state index >= 15 is 0 Å².